The molecule has 0 aromatic heterocycles. The molecule has 0 bridgehead atoms. The second-order valence-corrected chi connectivity index (χ2v) is 28.5. The summed E-state index contributed by atoms with van der Waals surface area (Å²) in [7, 11) is -4.56. The molecule has 0 atom stereocenters. The molecule has 0 amide bonds. The van der Waals surface area contributed by atoms with Gasteiger partial charge in [0, 0.05) is 0 Å². The molecule has 0 aromatic rings. The van der Waals surface area contributed by atoms with Gasteiger partial charge in [-0.2, -0.15) is 13.1 Å². The van der Waals surface area contributed by atoms with Crippen LogP contribution in [0.1, 0.15) is 0 Å². The Kier molecular flexibility index (Phi) is 15.3. The number of nitrogens with zero attached hydrogens (tertiary/aromatic N) is 3. The van der Waals surface area contributed by atoms with Crippen LogP contribution in [0.5, 0.6) is 0 Å². The normalized spacial score (nSPS) is 13.1. The van der Waals surface area contributed by atoms with Crippen LogP contribution >= 0.6 is 0 Å². The van der Waals surface area contributed by atoms with Crippen molar-refractivity contribution in [2.75, 3.05) is 13.1 Å². The van der Waals surface area contributed by atoms with Gasteiger partial charge in [-0.25, -0.2) is 0 Å². The van der Waals surface area contributed by atoms with Gasteiger partial charge in [0.15, 0.2) is 0 Å². The van der Waals surface area contributed by atoms with Gasteiger partial charge in [-0.15, -0.1) is 0 Å². The number of hydrogen-bond donors (Lipinski definition) is 0. The zero-order chi connectivity index (χ0) is 17.5. The van der Waals surface area contributed by atoms with Crippen LogP contribution in [0.2, 0.25) is 78.6 Å². The van der Waals surface area contributed by atoms with E-state index in [1.54, 1.807) is 0 Å². The molecule has 0 heterocycles. The summed E-state index contributed by atoms with van der Waals surface area (Å²) < 4.78 is 4.82. The quantitative estimate of drug-likeness (QED) is 0.282. The maximum atomic E-state index is 4.82. The van der Waals surface area contributed by atoms with Gasteiger partial charge in [-0.05, 0) is 0 Å². The van der Waals surface area contributed by atoms with Crippen LogP contribution in [-0.2, 0) is 0 Å². The summed E-state index contributed by atoms with van der Waals surface area (Å²) in [6.45, 7) is 29.3. The Morgan fingerprint density at radius 3 is 0.773 bits per heavy atom. The van der Waals surface area contributed by atoms with Crippen molar-refractivity contribution in [1.82, 2.24) is 0 Å². The van der Waals surface area contributed by atoms with E-state index >= 15 is 0 Å². The van der Waals surface area contributed by atoms with Gasteiger partial charge in [-0.3, -0.25) is 0 Å². The largest absolute Gasteiger partial charge is 3.00 e. The first-order valence-corrected chi connectivity index (χ1v) is 21.8. The fourth-order valence-corrected chi connectivity index (χ4v) is 11.4. The Morgan fingerprint density at radius 2 is 0.682 bits per heavy atom. The predicted molar refractivity (Wildman–Crippen MR) is 113 cm³/mol. The van der Waals surface area contributed by atoms with Crippen molar-refractivity contribution in [3.8, 4) is 0 Å². The summed E-state index contributed by atoms with van der Waals surface area (Å²) in [5, 5.41) is 0. The fraction of sp³-hybridized carbons (Fsp3) is 1.00. The Balaban J connectivity index is -0.000000326. The molecule has 0 N–H and O–H groups in total. The van der Waals surface area contributed by atoms with Crippen molar-refractivity contribution in [2.45, 2.75) is 78.6 Å². The van der Waals surface area contributed by atoms with Gasteiger partial charge in [0.05, 0.1) is 0 Å². The van der Waals surface area contributed by atoms with Crippen molar-refractivity contribution < 1.29 is 40.8 Å². The molecule has 22 heavy (non-hydrogen) atoms. The molecule has 3 nitrogen and oxygen atoms in total. The minimum atomic E-state index is -1.17. The standard InChI is InChI=1S/C8H22N2Si2.C6H18NSi2.Nd/c1-11(2,3)9-7-8-10-12(4,5)6;1-8(2,3)7-9(4,5)6;/h7-8H2,1-6H3;1-6H3;/q-2;-1;+3. The zero-order valence-corrected chi connectivity index (χ0v) is 24.5. The predicted octanol–water partition coefficient (Wildman–Crippen LogP) is 6.43. The number of rotatable bonds is 7. The van der Waals surface area contributed by atoms with Crippen LogP contribution in [-0.4, -0.2) is 46.0 Å². The Morgan fingerprint density at radius 1 is 0.455 bits per heavy atom. The molecule has 0 aliphatic rings. The van der Waals surface area contributed by atoms with Crippen molar-refractivity contribution in [2.24, 2.45) is 0 Å². The van der Waals surface area contributed by atoms with Crippen LogP contribution in [0.3, 0.4) is 0 Å². The van der Waals surface area contributed by atoms with Crippen molar-refractivity contribution in [1.29, 1.82) is 0 Å². The number of hydrogen-bond acceptors (Lipinski definition) is 0. The molecule has 0 aliphatic heterocycles. The third-order valence-electron chi connectivity index (χ3n) is 1.94. The van der Waals surface area contributed by atoms with Gasteiger partial charge in [0.1, 0.15) is 0 Å². The summed E-state index contributed by atoms with van der Waals surface area (Å²) in [5.41, 5.74) is 0. The third-order valence-corrected chi connectivity index (χ3v) is 9.65. The summed E-state index contributed by atoms with van der Waals surface area (Å²) in [4.78, 5) is 9.25. The van der Waals surface area contributed by atoms with E-state index in [9.17, 15) is 0 Å². The Bertz CT molecular complexity index is 248. The average Bonchev–Trinajstić information content (AvgIpc) is 2.04. The van der Waals surface area contributed by atoms with E-state index < -0.39 is 32.9 Å². The maximum absolute atomic E-state index is 4.82. The van der Waals surface area contributed by atoms with E-state index in [0.717, 1.165) is 13.1 Å². The van der Waals surface area contributed by atoms with E-state index in [4.69, 9.17) is 4.65 Å². The van der Waals surface area contributed by atoms with Crippen molar-refractivity contribution in [3.05, 3.63) is 14.6 Å². The summed E-state index contributed by atoms with van der Waals surface area (Å²) in [6.07, 6.45) is 0. The van der Waals surface area contributed by atoms with Gasteiger partial charge >= 0.3 is 40.8 Å². The fourth-order valence-electron chi connectivity index (χ4n) is 1.78. The zero-order valence-electron chi connectivity index (χ0n) is 17.3. The first-order valence-electron chi connectivity index (χ1n) is 8.03. The third kappa shape index (κ3) is 33.6. The molecule has 0 fully saturated rings. The molecule has 0 aromatic carbocycles. The molecule has 8 heteroatoms. The van der Waals surface area contributed by atoms with Crippen molar-refractivity contribution in [3.63, 3.8) is 0 Å². The van der Waals surface area contributed by atoms with Crippen LogP contribution in [0, 0.1) is 40.8 Å². The molecular formula is C14H40N3NdSi4. The Labute approximate surface area is 178 Å². The van der Waals surface area contributed by atoms with E-state index in [1.807, 2.05) is 0 Å². The van der Waals surface area contributed by atoms with Crippen LogP contribution in [0.4, 0.5) is 0 Å². The molecule has 0 rings (SSSR count). The average molecular weight is 507 g/mol. The molecule has 1 radical (unpaired) electrons. The first-order chi connectivity index (χ1) is 8.91. The summed E-state index contributed by atoms with van der Waals surface area (Å²) in [6, 6.07) is 0. The first kappa shape index (κ1) is 28.9. The summed E-state index contributed by atoms with van der Waals surface area (Å²) in [5.74, 6) is 0. The van der Waals surface area contributed by atoms with Crippen LogP contribution in [0.15, 0.2) is 0 Å². The molecule has 0 unspecified atom stereocenters. The minimum absolute atomic E-state index is 0. The van der Waals surface area contributed by atoms with Gasteiger partial charge in [0.25, 0.3) is 0 Å². The molecule has 0 saturated carbocycles. The topological polar surface area (TPSA) is 42.3 Å². The maximum Gasteiger partial charge on any atom is 3.00 e. The van der Waals surface area contributed by atoms with Gasteiger partial charge in [-0.1, -0.05) is 112 Å². The smallest absolute Gasteiger partial charge is 0.668 e. The molecule has 0 aliphatic carbocycles. The monoisotopic (exact) mass is 504 g/mol. The van der Waals surface area contributed by atoms with Gasteiger partial charge < -0.3 is 14.6 Å². The SMILES string of the molecule is C[Si](C)(C)[N-]CC[N-][Si](C)(C)C.C[Si](C)(C)[N-][Si](C)(C)C.[Nd+3]. The van der Waals surface area contributed by atoms with E-state index in [0.29, 0.717) is 0 Å². The van der Waals surface area contributed by atoms with Gasteiger partial charge in [0.2, 0.25) is 0 Å². The van der Waals surface area contributed by atoms with E-state index in [2.05, 4.69) is 88.5 Å². The second-order valence-electron chi connectivity index (χ2n) is 9.56. The minimum Gasteiger partial charge on any atom is -0.668 e. The second kappa shape index (κ2) is 11.7. The molecule has 0 spiro atoms. The molecule has 0 saturated heterocycles. The van der Waals surface area contributed by atoms with Crippen LogP contribution in [0.25, 0.3) is 14.6 Å². The molecular weight excluding hydrogens is 467 g/mol. The Hall–Kier alpha value is 2.10. The molecule has 131 valence electrons. The van der Waals surface area contributed by atoms with Crippen molar-refractivity contribution >= 4 is 32.9 Å². The van der Waals surface area contributed by atoms with E-state index in [1.165, 1.54) is 0 Å². The summed E-state index contributed by atoms with van der Waals surface area (Å²) >= 11 is 0. The van der Waals surface area contributed by atoms with E-state index in [-0.39, 0.29) is 40.8 Å². The van der Waals surface area contributed by atoms with Crippen LogP contribution < -0.4 is 0 Å².